The molecular formula is C22H22N2O4S. The summed E-state index contributed by atoms with van der Waals surface area (Å²) in [5.41, 5.74) is 2.36. The van der Waals surface area contributed by atoms with E-state index in [1.807, 2.05) is 50.2 Å². The van der Waals surface area contributed by atoms with Gasteiger partial charge in [0.1, 0.15) is 4.66 Å². The number of hydrogen-bond donors (Lipinski definition) is 2. The lowest BCUT2D eigenvalue weighted by atomic mass is 10.2. The summed E-state index contributed by atoms with van der Waals surface area (Å²) in [6.07, 6.45) is 3.13. The summed E-state index contributed by atoms with van der Waals surface area (Å²) < 4.78 is 11.8. The molecule has 6 nitrogen and oxygen atoms in total. The van der Waals surface area contributed by atoms with Gasteiger partial charge in [0.25, 0.3) is 11.5 Å². The van der Waals surface area contributed by atoms with Gasteiger partial charge in [0.15, 0.2) is 11.5 Å². The third-order valence-corrected chi connectivity index (χ3v) is 5.01. The number of ether oxygens (including phenoxy) is 2. The van der Waals surface area contributed by atoms with Crippen LogP contribution in [0.15, 0.2) is 47.3 Å². The Kier molecular flexibility index (Phi) is 6.51. The second-order valence-corrected chi connectivity index (χ2v) is 7.36. The molecule has 0 radical (unpaired) electrons. The number of hydrogen-bond acceptors (Lipinski definition) is 5. The number of nitrogens with one attached hydrogen (secondary N) is 2. The van der Waals surface area contributed by atoms with Crippen molar-refractivity contribution in [3.05, 3.63) is 73.1 Å². The highest BCUT2D eigenvalue weighted by molar-refractivity contribution is 7.07. The average Bonchev–Trinajstić information content (AvgIpc) is 3.03. The van der Waals surface area contributed by atoms with Gasteiger partial charge in [-0.05, 0) is 49.8 Å². The zero-order valence-corrected chi connectivity index (χ0v) is 17.3. The molecule has 0 saturated heterocycles. The molecule has 0 atom stereocenters. The molecule has 0 saturated carbocycles. The van der Waals surface area contributed by atoms with Crippen molar-refractivity contribution in [1.82, 2.24) is 4.98 Å². The fourth-order valence-electron chi connectivity index (χ4n) is 2.66. The molecular weight excluding hydrogens is 388 g/mol. The van der Waals surface area contributed by atoms with Crippen molar-refractivity contribution in [3.8, 4) is 11.5 Å². The maximum Gasteiger partial charge on any atom is 0.266 e. The van der Waals surface area contributed by atoms with Crippen LogP contribution in [0.3, 0.4) is 0 Å². The Bertz CT molecular complexity index is 1180. The number of anilines is 1. The second kappa shape index (κ2) is 9.25. The van der Waals surface area contributed by atoms with Crippen molar-refractivity contribution in [3.63, 3.8) is 0 Å². The minimum Gasteiger partial charge on any atom is -0.493 e. The highest BCUT2D eigenvalue weighted by Gasteiger charge is 2.05. The lowest BCUT2D eigenvalue weighted by molar-refractivity contribution is -0.110. The topological polar surface area (TPSA) is 80.4 Å². The Balaban J connectivity index is 1.87. The van der Waals surface area contributed by atoms with Crippen molar-refractivity contribution in [1.29, 1.82) is 0 Å². The van der Waals surface area contributed by atoms with E-state index < -0.39 is 0 Å². The van der Waals surface area contributed by atoms with E-state index >= 15 is 0 Å². The smallest absolute Gasteiger partial charge is 0.266 e. The van der Waals surface area contributed by atoms with Gasteiger partial charge in [-0.15, -0.1) is 11.3 Å². The molecule has 0 bridgehead atoms. The normalized spacial score (nSPS) is 12.1. The number of aromatic amines is 1. The first-order valence-corrected chi connectivity index (χ1v) is 9.91. The van der Waals surface area contributed by atoms with Crippen molar-refractivity contribution in [2.75, 3.05) is 19.0 Å². The Morgan fingerprint density at radius 2 is 1.93 bits per heavy atom. The van der Waals surface area contributed by atoms with E-state index in [0.29, 0.717) is 33.0 Å². The summed E-state index contributed by atoms with van der Waals surface area (Å²) in [5, 5.41) is 2.78. The minimum absolute atomic E-state index is 0.252. The predicted molar refractivity (Wildman–Crippen MR) is 116 cm³/mol. The van der Waals surface area contributed by atoms with E-state index in [1.54, 1.807) is 19.3 Å². The third-order valence-electron chi connectivity index (χ3n) is 4.05. The number of amides is 1. The summed E-state index contributed by atoms with van der Waals surface area (Å²) in [6.45, 7) is 4.38. The molecule has 0 aliphatic heterocycles. The summed E-state index contributed by atoms with van der Waals surface area (Å²) in [7, 11) is 1.58. The van der Waals surface area contributed by atoms with E-state index in [0.717, 1.165) is 11.1 Å². The van der Waals surface area contributed by atoms with E-state index in [2.05, 4.69) is 10.3 Å². The van der Waals surface area contributed by atoms with Crippen LogP contribution in [-0.4, -0.2) is 24.6 Å². The number of aryl methyl sites for hydroxylation is 1. The molecule has 1 heterocycles. The van der Waals surface area contributed by atoms with Gasteiger partial charge in [-0.1, -0.05) is 23.8 Å². The van der Waals surface area contributed by atoms with Gasteiger partial charge in [-0.2, -0.15) is 0 Å². The number of aromatic nitrogens is 1. The molecule has 29 heavy (non-hydrogen) atoms. The minimum atomic E-state index is -0.305. The molecule has 1 aromatic heterocycles. The summed E-state index contributed by atoms with van der Waals surface area (Å²) in [4.78, 5) is 27.2. The lowest BCUT2D eigenvalue weighted by Crippen LogP contribution is -2.20. The lowest BCUT2D eigenvalue weighted by Gasteiger charge is -2.09. The number of benzene rings is 2. The van der Waals surface area contributed by atoms with E-state index in [1.165, 1.54) is 17.4 Å². The summed E-state index contributed by atoms with van der Waals surface area (Å²) in [5.74, 6) is 0.938. The quantitative estimate of drug-likeness (QED) is 0.654. The van der Waals surface area contributed by atoms with Crippen molar-refractivity contribution in [2.24, 2.45) is 0 Å². The van der Waals surface area contributed by atoms with Gasteiger partial charge >= 0.3 is 0 Å². The number of carbonyl (C=O) groups excluding carboxylic acids is 1. The number of thiazole rings is 1. The Labute approximate surface area is 172 Å². The van der Waals surface area contributed by atoms with Crippen LogP contribution in [0.1, 0.15) is 18.1 Å². The fourth-order valence-corrected chi connectivity index (χ4v) is 3.55. The van der Waals surface area contributed by atoms with Crippen LogP contribution in [0.4, 0.5) is 5.69 Å². The van der Waals surface area contributed by atoms with Crippen LogP contribution < -0.4 is 29.5 Å². The van der Waals surface area contributed by atoms with Gasteiger partial charge < -0.3 is 19.8 Å². The van der Waals surface area contributed by atoms with Crippen LogP contribution in [0.5, 0.6) is 11.5 Å². The van der Waals surface area contributed by atoms with Crippen molar-refractivity contribution >= 4 is 35.1 Å². The van der Waals surface area contributed by atoms with Gasteiger partial charge in [0.05, 0.1) is 18.2 Å². The second-order valence-electron chi connectivity index (χ2n) is 6.27. The SMILES string of the molecule is CCOc1cc(/C=c2\s/c(=C\C(=O)Nc3ccc(C)cc3)[nH]c2=O)ccc1OC. The van der Waals surface area contributed by atoms with Gasteiger partial charge in [0.2, 0.25) is 0 Å². The van der Waals surface area contributed by atoms with E-state index in [9.17, 15) is 9.59 Å². The average molecular weight is 410 g/mol. The summed E-state index contributed by atoms with van der Waals surface area (Å²) >= 11 is 1.21. The zero-order chi connectivity index (χ0) is 20.8. The van der Waals surface area contributed by atoms with Crippen molar-refractivity contribution in [2.45, 2.75) is 13.8 Å². The molecule has 1 amide bonds. The van der Waals surface area contributed by atoms with Crippen molar-refractivity contribution < 1.29 is 14.3 Å². The Hall–Kier alpha value is -3.32. The molecule has 0 unspecified atom stereocenters. The van der Waals surface area contributed by atoms with Crippen LogP contribution in [0.2, 0.25) is 0 Å². The molecule has 2 N–H and O–H groups in total. The van der Waals surface area contributed by atoms with E-state index in [4.69, 9.17) is 9.47 Å². The zero-order valence-electron chi connectivity index (χ0n) is 16.4. The number of rotatable bonds is 6. The molecule has 0 spiro atoms. The molecule has 3 rings (SSSR count). The third kappa shape index (κ3) is 5.36. The van der Waals surface area contributed by atoms with Gasteiger partial charge in [-0.25, -0.2) is 0 Å². The highest BCUT2D eigenvalue weighted by atomic mass is 32.1. The van der Waals surface area contributed by atoms with Crippen LogP contribution in [0, 0.1) is 6.92 Å². The highest BCUT2D eigenvalue weighted by Crippen LogP contribution is 2.28. The Morgan fingerprint density at radius 1 is 1.17 bits per heavy atom. The molecule has 7 heteroatoms. The Morgan fingerprint density at radius 3 is 2.62 bits per heavy atom. The molecule has 0 aliphatic rings. The summed E-state index contributed by atoms with van der Waals surface area (Å²) in [6, 6.07) is 12.9. The van der Waals surface area contributed by atoms with Crippen LogP contribution >= 0.6 is 11.3 Å². The standard InChI is InChI=1S/C22H22N2O4S/c1-4-28-18-11-15(7-10-17(18)27-3)12-19-22(26)24-21(29-19)13-20(25)23-16-8-5-14(2)6-9-16/h5-13H,4H2,1-3H3,(H,23,25)(H,24,26)/b19-12-,21-13-. The van der Waals surface area contributed by atoms with Crippen LogP contribution in [0.25, 0.3) is 12.2 Å². The maximum absolute atomic E-state index is 12.3. The first-order valence-electron chi connectivity index (χ1n) is 9.09. The molecule has 3 aromatic rings. The fraction of sp³-hybridized carbons (Fsp3) is 0.182. The molecule has 150 valence electrons. The number of H-pyrrole nitrogens is 1. The molecule has 0 aliphatic carbocycles. The first-order chi connectivity index (χ1) is 14.0. The van der Waals surface area contributed by atoms with Gasteiger partial charge in [0, 0.05) is 11.8 Å². The van der Waals surface area contributed by atoms with E-state index in [-0.39, 0.29) is 11.5 Å². The molecule has 0 fully saturated rings. The predicted octanol–water partition coefficient (Wildman–Crippen LogP) is 2.40. The largest absolute Gasteiger partial charge is 0.493 e. The van der Waals surface area contributed by atoms with Crippen LogP contribution in [-0.2, 0) is 4.79 Å². The number of methoxy groups -OCH3 is 1. The monoisotopic (exact) mass is 410 g/mol. The van der Waals surface area contributed by atoms with Gasteiger partial charge in [-0.3, -0.25) is 9.59 Å². The number of carbonyl (C=O) groups is 1. The first kappa shape index (κ1) is 20.4. The molecule has 2 aromatic carbocycles. The maximum atomic E-state index is 12.3.